The number of esters is 8. The lowest BCUT2D eigenvalue weighted by Crippen LogP contribution is -2.05. The molecule has 0 saturated heterocycles. The van der Waals surface area contributed by atoms with Crippen LogP contribution in [-0.4, -0.2) is 67.7 Å². The average molecular weight is 1050 g/mol. The number of nitrogens with zero attached hydrogens (tertiary/aromatic N) is 2. The number of allylic oxidation sites excluding steroid dienone is 4. The van der Waals surface area contributed by atoms with Gasteiger partial charge in [0.2, 0.25) is 0 Å². The molecule has 16 bridgehead atoms. The fourth-order valence-electron chi connectivity index (χ4n) is 17.8. The third-order valence-corrected chi connectivity index (χ3v) is 20.6. The molecule has 0 spiro atoms. The maximum Gasteiger partial charge on any atom is 0.346 e. The molecule has 4 aromatic carbocycles. The number of aromatic amines is 2. The van der Waals surface area contributed by atoms with Crippen molar-refractivity contribution < 1.29 is 57.3 Å². The second-order valence-electron chi connectivity index (χ2n) is 23.7. The molecule has 8 atom stereocenters. The van der Waals surface area contributed by atoms with Crippen LogP contribution in [0.15, 0.2) is 72.8 Å². The van der Waals surface area contributed by atoms with Crippen LogP contribution in [0.3, 0.4) is 0 Å². The maximum atomic E-state index is 13.1. The lowest BCUT2D eigenvalue weighted by Gasteiger charge is -2.20. The zero-order valence-electron chi connectivity index (χ0n) is 41.2. The Hall–Kier alpha value is -9.96. The van der Waals surface area contributed by atoms with Gasteiger partial charge in [-0.1, -0.05) is 0 Å². The monoisotopic (exact) mass is 1050 g/mol. The van der Waals surface area contributed by atoms with Gasteiger partial charge in [-0.3, -0.25) is 0 Å². The molecule has 3 aromatic heterocycles. The summed E-state index contributed by atoms with van der Waals surface area (Å²) in [5.74, 6) is -6.44. The van der Waals surface area contributed by atoms with Crippen LogP contribution in [-0.2, 0) is 18.9 Å². The van der Waals surface area contributed by atoms with E-state index < -0.39 is 47.8 Å². The van der Waals surface area contributed by atoms with E-state index in [1.807, 2.05) is 48.5 Å². The molecule has 2 N–H and O–H groups in total. The Morgan fingerprint density at radius 3 is 0.750 bits per heavy atom. The number of hydrogen-bond donors (Lipinski definition) is 2. The first-order valence-corrected chi connectivity index (χ1v) is 27.0. The summed E-state index contributed by atoms with van der Waals surface area (Å²) in [7, 11) is 0. The van der Waals surface area contributed by atoms with E-state index in [1.54, 1.807) is 0 Å². The summed E-state index contributed by atoms with van der Waals surface area (Å²) in [6, 6.07) is 23.3. The van der Waals surface area contributed by atoms with Gasteiger partial charge < -0.3 is 28.9 Å². The summed E-state index contributed by atoms with van der Waals surface area (Å²) in [5.41, 5.74) is 24.7. The zero-order chi connectivity index (χ0) is 52.7. The summed E-state index contributed by atoms with van der Waals surface area (Å²) < 4.78 is 20.5. The Labute approximate surface area is 447 Å². The number of benzene rings is 4. The minimum absolute atomic E-state index is 0.133. The molecular formula is C64H30N4O12. The van der Waals surface area contributed by atoms with Crippen LogP contribution in [0.25, 0.3) is 44.4 Å². The van der Waals surface area contributed by atoms with Crippen LogP contribution in [0.1, 0.15) is 245 Å². The van der Waals surface area contributed by atoms with E-state index in [0.29, 0.717) is 12.8 Å². The van der Waals surface area contributed by atoms with Crippen LogP contribution in [0.5, 0.6) is 0 Å². The van der Waals surface area contributed by atoms with E-state index in [4.69, 9.17) is 28.9 Å². The van der Waals surface area contributed by atoms with Crippen LogP contribution in [0.2, 0.25) is 0 Å². The van der Waals surface area contributed by atoms with Crippen molar-refractivity contribution in [1.29, 1.82) is 0 Å². The molecule has 7 aromatic rings. The predicted molar refractivity (Wildman–Crippen MR) is 276 cm³/mol. The first-order valence-electron chi connectivity index (χ1n) is 27.0. The Morgan fingerprint density at radius 1 is 0.275 bits per heavy atom. The topological polar surface area (TPSA) is 231 Å². The van der Waals surface area contributed by atoms with Crippen molar-refractivity contribution in [3.63, 3.8) is 0 Å². The number of aromatic nitrogens is 4. The van der Waals surface area contributed by atoms with Crippen molar-refractivity contribution in [2.24, 2.45) is 0 Å². The Kier molecular flexibility index (Phi) is 6.59. The predicted octanol–water partition coefficient (Wildman–Crippen LogP) is 9.91. The highest BCUT2D eigenvalue weighted by Gasteiger charge is 2.54. The van der Waals surface area contributed by atoms with Gasteiger partial charge in [-0.2, -0.15) is 0 Å². The molecule has 0 radical (unpaired) electrons. The summed E-state index contributed by atoms with van der Waals surface area (Å²) in [5, 5.41) is 0. The van der Waals surface area contributed by atoms with Crippen LogP contribution >= 0.6 is 0 Å². The van der Waals surface area contributed by atoms with E-state index in [1.165, 1.54) is 0 Å². The number of carbonyl (C=O) groups excluding carboxylic acids is 8. The number of fused-ring (bicyclic) bond motifs is 50. The van der Waals surface area contributed by atoms with Gasteiger partial charge in [0.05, 0.1) is 67.3 Å². The number of carbonyl (C=O) groups is 8. The van der Waals surface area contributed by atoms with Crippen LogP contribution < -0.4 is 0 Å². The van der Waals surface area contributed by atoms with Crippen molar-refractivity contribution in [1.82, 2.24) is 19.9 Å². The van der Waals surface area contributed by atoms with E-state index in [-0.39, 0.29) is 91.9 Å². The van der Waals surface area contributed by atoms with Crippen LogP contribution in [0, 0.1) is 0 Å². The molecule has 378 valence electrons. The molecule has 0 amide bonds. The molecule has 16 nitrogen and oxygen atoms in total. The summed E-state index contributed by atoms with van der Waals surface area (Å²) >= 11 is 0. The lowest BCUT2D eigenvalue weighted by molar-refractivity contribution is 0.0425. The van der Waals surface area contributed by atoms with Crippen LogP contribution in [0.4, 0.5) is 0 Å². The van der Waals surface area contributed by atoms with Gasteiger partial charge in [0, 0.05) is 69.4 Å². The van der Waals surface area contributed by atoms with Crippen molar-refractivity contribution in [2.75, 3.05) is 0 Å². The summed E-state index contributed by atoms with van der Waals surface area (Å²) in [4.78, 5) is 123. The molecule has 0 unspecified atom stereocenters. The first-order chi connectivity index (χ1) is 38.9. The summed E-state index contributed by atoms with van der Waals surface area (Å²) in [6.07, 6.45) is 2.87. The smallest absolute Gasteiger partial charge is 0.346 e. The fraction of sp³-hybridized carbons (Fsp3) is 0.188. The maximum absolute atomic E-state index is 13.1. The molecule has 6 aliphatic heterocycles. The number of ether oxygens (including phenoxy) is 4. The lowest BCUT2D eigenvalue weighted by atomic mass is 9.81. The minimum Gasteiger partial charge on any atom is -0.386 e. The molecule has 0 saturated carbocycles. The first kappa shape index (κ1) is 41.2. The molecule has 9 heterocycles. The van der Waals surface area contributed by atoms with Gasteiger partial charge in [-0.15, -0.1) is 0 Å². The SMILES string of the molecule is O=C1OC(=O)c2cc3c(cc21)[C@H]1C[C@@H]3c2c1c1cc3[nH]c(cc4nc(cc5nc(cc2[nH]1)C1=C5[C@H]2C[C@@H]1c1cc5c(cc12)C(=O)OC5=O)C1=C4[C@H]2C[C@@H]1c1cc4c(cc12)C(=O)OC4=O)c1c3[C@H]2C[C@@H]1c1cc3c(cc12)C(=O)OC3=O. The van der Waals surface area contributed by atoms with Gasteiger partial charge in [0.15, 0.2) is 0 Å². The number of rotatable bonds is 0. The van der Waals surface area contributed by atoms with Crippen molar-refractivity contribution in [2.45, 2.75) is 73.0 Å². The normalized spacial score (nSPS) is 26.3. The van der Waals surface area contributed by atoms with Crippen molar-refractivity contribution in [3.8, 4) is 0 Å². The molecule has 14 aliphatic rings. The van der Waals surface area contributed by atoms with E-state index in [0.717, 1.165) is 147 Å². The molecule has 21 rings (SSSR count). The second-order valence-corrected chi connectivity index (χ2v) is 23.7. The third-order valence-electron chi connectivity index (χ3n) is 20.6. The highest BCUT2D eigenvalue weighted by molar-refractivity contribution is 6.18. The van der Waals surface area contributed by atoms with Gasteiger partial charge >= 0.3 is 47.8 Å². The molecule has 80 heavy (non-hydrogen) atoms. The quantitative estimate of drug-likeness (QED) is 0.0818. The standard InChI is InChI=1S/C64H30N4O12/c69-57-33-1-17-18(2-34(33)58(70)77-57)26-9-25(17)49-41-13-43-51-27-10-29(20-4-36-35(3-19(20)27)59(71)78-60(36)72)53(51)45(66-43)15-47-55-31-12-32(24-8-40-39(7-23(24)31)63(75)80-64(40)76)56(55)48(68-47)16-46-54-30-11-28(52(54)44(67-46)14-42(65-41)50(26)49)21-5-37-38(6-22(21)30)62(74)79-61(37)73/h1-8,13-16,25-32,65-66H,9-12H2/t25-,26+,27+,28-,29-,30+,31+,32-. The Morgan fingerprint density at radius 2 is 0.487 bits per heavy atom. The Bertz CT molecular complexity index is 4660. The van der Waals surface area contributed by atoms with Gasteiger partial charge in [-0.05, 0) is 188 Å². The third kappa shape index (κ3) is 4.45. The van der Waals surface area contributed by atoms with E-state index >= 15 is 0 Å². The van der Waals surface area contributed by atoms with Gasteiger partial charge in [0.25, 0.3) is 0 Å². The highest BCUT2D eigenvalue weighted by atomic mass is 16.6. The average Bonchev–Trinajstić information content (AvgIpc) is 4.42. The number of hydrogen-bond acceptors (Lipinski definition) is 14. The summed E-state index contributed by atoms with van der Waals surface area (Å²) in [6.45, 7) is 0. The Balaban J connectivity index is 0.859. The van der Waals surface area contributed by atoms with Gasteiger partial charge in [0.1, 0.15) is 0 Å². The molecule has 16 heteroatoms. The second kappa shape index (κ2) is 12.8. The largest absolute Gasteiger partial charge is 0.386 e. The number of nitrogens with one attached hydrogen (secondary N) is 2. The molecular weight excluding hydrogens is 1020 g/mol. The number of H-pyrrole nitrogens is 2. The highest BCUT2D eigenvalue weighted by Crippen LogP contribution is 2.68. The van der Waals surface area contributed by atoms with E-state index in [9.17, 15) is 38.4 Å². The van der Waals surface area contributed by atoms with Gasteiger partial charge in [-0.25, -0.2) is 48.3 Å². The number of cyclic esters (lactones) is 8. The minimum atomic E-state index is -0.660. The van der Waals surface area contributed by atoms with E-state index in [2.05, 4.69) is 34.2 Å². The van der Waals surface area contributed by atoms with Crippen molar-refractivity contribution in [3.05, 3.63) is 207 Å². The molecule has 8 aliphatic carbocycles. The zero-order valence-corrected chi connectivity index (χ0v) is 41.2. The molecule has 0 fully saturated rings. The van der Waals surface area contributed by atoms with Crippen molar-refractivity contribution >= 4 is 92.1 Å². The fourth-order valence-corrected chi connectivity index (χ4v) is 17.8.